The maximum absolute atomic E-state index is 12.2. The fourth-order valence-corrected chi connectivity index (χ4v) is 2.55. The van der Waals surface area contributed by atoms with E-state index >= 15 is 0 Å². The van der Waals surface area contributed by atoms with Gasteiger partial charge in [0.25, 0.3) is 5.91 Å². The molecule has 3 unspecified atom stereocenters. The Labute approximate surface area is 140 Å². The normalized spacial score (nSPS) is 15.1. The van der Waals surface area contributed by atoms with Crippen molar-refractivity contribution < 1.29 is 14.6 Å². The predicted octanol–water partition coefficient (Wildman–Crippen LogP) is 3.41. The molecule has 23 heavy (non-hydrogen) atoms. The molecule has 0 aliphatic carbocycles. The Hall–Kier alpha value is -1.55. The molecule has 1 aromatic rings. The van der Waals surface area contributed by atoms with Crippen LogP contribution in [0.3, 0.4) is 0 Å². The summed E-state index contributed by atoms with van der Waals surface area (Å²) in [5.41, 5.74) is 2.22. The van der Waals surface area contributed by atoms with Gasteiger partial charge in [-0.1, -0.05) is 32.9 Å². The SMILES string of the molecule is Cc1ccc(C(C)C)c(OC(C)C(=O)NCC(C)CC(C)O)c1. The molecule has 4 heteroatoms. The van der Waals surface area contributed by atoms with Crippen molar-refractivity contribution >= 4 is 5.91 Å². The lowest BCUT2D eigenvalue weighted by Crippen LogP contribution is -2.39. The molecule has 0 heterocycles. The van der Waals surface area contributed by atoms with Crippen LogP contribution in [0.15, 0.2) is 18.2 Å². The van der Waals surface area contributed by atoms with Crippen LogP contribution in [-0.2, 0) is 4.79 Å². The maximum Gasteiger partial charge on any atom is 0.260 e. The van der Waals surface area contributed by atoms with Crippen LogP contribution in [0.2, 0.25) is 0 Å². The van der Waals surface area contributed by atoms with E-state index in [1.165, 1.54) is 0 Å². The molecule has 130 valence electrons. The second-order valence-corrected chi connectivity index (χ2v) is 6.89. The van der Waals surface area contributed by atoms with E-state index in [0.717, 1.165) is 16.9 Å². The van der Waals surface area contributed by atoms with Crippen LogP contribution in [0, 0.1) is 12.8 Å². The largest absolute Gasteiger partial charge is 0.481 e. The first-order valence-corrected chi connectivity index (χ1v) is 8.43. The molecule has 0 saturated carbocycles. The zero-order valence-corrected chi connectivity index (χ0v) is 15.2. The first kappa shape index (κ1) is 19.5. The average Bonchev–Trinajstić information content (AvgIpc) is 2.43. The van der Waals surface area contributed by atoms with E-state index in [1.807, 2.05) is 19.9 Å². The second kappa shape index (κ2) is 8.92. The number of aliphatic hydroxyl groups excluding tert-OH is 1. The van der Waals surface area contributed by atoms with E-state index in [4.69, 9.17) is 4.74 Å². The van der Waals surface area contributed by atoms with Gasteiger partial charge in [0, 0.05) is 6.54 Å². The van der Waals surface area contributed by atoms with E-state index in [1.54, 1.807) is 13.8 Å². The van der Waals surface area contributed by atoms with Crippen molar-refractivity contribution in [3.63, 3.8) is 0 Å². The number of nitrogens with one attached hydrogen (secondary N) is 1. The number of rotatable bonds is 8. The number of carbonyl (C=O) groups excluding carboxylic acids is 1. The molecule has 0 bridgehead atoms. The fraction of sp³-hybridized carbons (Fsp3) is 0.632. The zero-order valence-electron chi connectivity index (χ0n) is 15.2. The fourth-order valence-electron chi connectivity index (χ4n) is 2.55. The van der Waals surface area contributed by atoms with Crippen molar-refractivity contribution in [1.29, 1.82) is 0 Å². The lowest BCUT2D eigenvalue weighted by Gasteiger charge is -2.20. The van der Waals surface area contributed by atoms with Crippen molar-refractivity contribution in [1.82, 2.24) is 5.32 Å². The van der Waals surface area contributed by atoms with Crippen molar-refractivity contribution in [3.05, 3.63) is 29.3 Å². The van der Waals surface area contributed by atoms with Gasteiger partial charge in [0.1, 0.15) is 5.75 Å². The summed E-state index contributed by atoms with van der Waals surface area (Å²) < 4.78 is 5.90. The summed E-state index contributed by atoms with van der Waals surface area (Å²) in [6, 6.07) is 6.10. The molecule has 1 amide bonds. The number of aryl methyl sites for hydroxylation is 1. The zero-order chi connectivity index (χ0) is 17.6. The minimum absolute atomic E-state index is 0.126. The summed E-state index contributed by atoms with van der Waals surface area (Å²) >= 11 is 0. The Morgan fingerprint density at radius 1 is 1.22 bits per heavy atom. The van der Waals surface area contributed by atoms with Gasteiger partial charge in [-0.2, -0.15) is 0 Å². The number of carbonyl (C=O) groups is 1. The van der Waals surface area contributed by atoms with Crippen LogP contribution in [-0.4, -0.2) is 29.8 Å². The third-order valence-electron chi connectivity index (χ3n) is 3.83. The molecule has 0 aliphatic rings. The highest BCUT2D eigenvalue weighted by Gasteiger charge is 2.18. The molecule has 4 nitrogen and oxygen atoms in total. The van der Waals surface area contributed by atoms with Gasteiger partial charge < -0.3 is 15.2 Å². The number of aliphatic hydroxyl groups is 1. The summed E-state index contributed by atoms with van der Waals surface area (Å²) in [4.78, 5) is 12.2. The summed E-state index contributed by atoms with van der Waals surface area (Å²) in [5.74, 6) is 1.22. The summed E-state index contributed by atoms with van der Waals surface area (Å²) in [6.07, 6.45) is -0.227. The molecule has 0 fully saturated rings. The Morgan fingerprint density at radius 3 is 2.43 bits per heavy atom. The van der Waals surface area contributed by atoms with Gasteiger partial charge in [-0.15, -0.1) is 0 Å². The van der Waals surface area contributed by atoms with Gasteiger partial charge in [0.15, 0.2) is 6.10 Å². The van der Waals surface area contributed by atoms with E-state index in [0.29, 0.717) is 18.9 Å². The molecular formula is C19H31NO3. The third kappa shape index (κ3) is 6.61. The Balaban J connectivity index is 2.63. The smallest absolute Gasteiger partial charge is 0.260 e. The predicted molar refractivity (Wildman–Crippen MR) is 93.8 cm³/mol. The van der Waals surface area contributed by atoms with Crippen LogP contribution in [0.1, 0.15) is 58.1 Å². The lowest BCUT2D eigenvalue weighted by atomic mass is 10.0. The first-order chi connectivity index (χ1) is 10.7. The lowest BCUT2D eigenvalue weighted by molar-refractivity contribution is -0.127. The third-order valence-corrected chi connectivity index (χ3v) is 3.83. The highest BCUT2D eigenvalue weighted by molar-refractivity contribution is 5.80. The van der Waals surface area contributed by atoms with Gasteiger partial charge in [0.2, 0.25) is 0 Å². The Bertz CT molecular complexity index is 511. The molecule has 1 aromatic carbocycles. The molecule has 0 radical (unpaired) electrons. The van der Waals surface area contributed by atoms with Crippen LogP contribution < -0.4 is 10.1 Å². The van der Waals surface area contributed by atoms with Gasteiger partial charge in [-0.25, -0.2) is 0 Å². The van der Waals surface area contributed by atoms with Gasteiger partial charge in [-0.3, -0.25) is 4.79 Å². The molecule has 0 saturated heterocycles. The van der Waals surface area contributed by atoms with Gasteiger partial charge in [-0.05, 0) is 56.2 Å². The highest BCUT2D eigenvalue weighted by atomic mass is 16.5. The summed E-state index contributed by atoms with van der Waals surface area (Å²) in [6.45, 7) is 12.3. The topological polar surface area (TPSA) is 58.6 Å². The highest BCUT2D eigenvalue weighted by Crippen LogP contribution is 2.28. The van der Waals surface area contributed by atoms with E-state index in [9.17, 15) is 9.90 Å². The van der Waals surface area contributed by atoms with Crippen LogP contribution in [0.25, 0.3) is 0 Å². The monoisotopic (exact) mass is 321 g/mol. The minimum Gasteiger partial charge on any atom is -0.481 e. The van der Waals surface area contributed by atoms with E-state index in [-0.39, 0.29) is 17.9 Å². The summed E-state index contributed by atoms with van der Waals surface area (Å²) in [7, 11) is 0. The van der Waals surface area contributed by atoms with Crippen LogP contribution >= 0.6 is 0 Å². The number of benzene rings is 1. The standard InChI is InChI=1S/C19H31NO3/c1-12(2)17-8-7-13(3)10-18(17)23-16(6)19(22)20-11-14(4)9-15(5)21/h7-8,10,12,14-16,21H,9,11H2,1-6H3,(H,20,22). The molecule has 1 rings (SSSR count). The molecule has 0 spiro atoms. The summed E-state index contributed by atoms with van der Waals surface area (Å²) in [5, 5.41) is 12.3. The van der Waals surface area contributed by atoms with Crippen LogP contribution in [0.4, 0.5) is 0 Å². The second-order valence-electron chi connectivity index (χ2n) is 6.89. The number of ether oxygens (including phenoxy) is 1. The minimum atomic E-state index is -0.548. The molecule has 0 aliphatic heterocycles. The van der Waals surface area contributed by atoms with Crippen molar-refractivity contribution in [2.45, 2.75) is 66.1 Å². The van der Waals surface area contributed by atoms with E-state index in [2.05, 4.69) is 31.3 Å². The Morgan fingerprint density at radius 2 is 1.87 bits per heavy atom. The number of hydrogen-bond acceptors (Lipinski definition) is 3. The van der Waals surface area contributed by atoms with Gasteiger partial charge in [0.05, 0.1) is 6.10 Å². The average molecular weight is 321 g/mol. The van der Waals surface area contributed by atoms with Crippen molar-refractivity contribution in [3.8, 4) is 5.75 Å². The van der Waals surface area contributed by atoms with E-state index < -0.39 is 6.10 Å². The molecule has 3 atom stereocenters. The number of amides is 1. The number of hydrogen-bond donors (Lipinski definition) is 2. The first-order valence-electron chi connectivity index (χ1n) is 8.43. The molecular weight excluding hydrogens is 290 g/mol. The quantitative estimate of drug-likeness (QED) is 0.771. The van der Waals surface area contributed by atoms with Crippen LogP contribution in [0.5, 0.6) is 5.75 Å². The van der Waals surface area contributed by atoms with Gasteiger partial charge >= 0.3 is 0 Å². The maximum atomic E-state index is 12.2. The van der Waals surface area contributed by atoms with Crippen molar-refractivity contribution in [2.75, 3.05) is 6.54 Å². The van der Waals surface area contributed by atoms with Crippen molar-refractivity contribution in [2.24, 2.45) is 5.92 Å². The Kier molecular flexibility index (Phi) is 7.56. The molecule has 2 N–H and O–H groups in total. The molecule has 0 aromatic heterocycles.